The number of nitrogens with one attached hydrogen (secondary N) is 3. The fourth-order valence-electron chi connectivity index (χ4n) is 3.72. The first-order valence-corrected chi connectivity index (χ1v) is 14.3. The topological polar surface area (TPSA) is 215 Å². The van der Waals surface area contributed by atoms with Crippen molar-refractivity contribution in [2.75, 3.05) is 18.6 Å². The van der Waals surface area contributed by atoms with Gasteiger partial charge in [-0.25, -0.2) is 4.79 Å². The molecule has 1 aromatic carbocycles. The maximum absolute atomic E-state index is 13.3. The minimum Gasteiger partial charge on any atom is -0.480 e. The molecule has 0 aromatic heterocycles. The van der Waals surface area contributed by atoms with Crippen LogP contribution in [-0.2, 0) is 25.6 Å². The molecule has 13 heteroatoms. The molecular weight excluding hydrogens is 522 g/mol. The third kappa shape index (κ3) is 13.9. The Morgan fingerprint density at radius 3 is 2.08 bits per heavy atom. The van der Waals surface area contributed by atoms with Crippen molar-refractivity contribution in [3.8, 4) is 0 Å². The average molecular weight is 566 g/mol. The second-order valence-corrected chi connectivity index (χ2v) is 10.7. The summed E-state index contributed by atoms with van der Waals surface area (Å²) >= 11 is 1.57. The zero-order valence-electron chi connectivity index (χ0n) is 22.9. The van der Waals surface area contributed by atoms with E-state index in [1.54, 1.807) is 36.0 Å². The molecule has 12 nitrogen and oxygen atoms in total. The Balaban J connectivity index is 3.07. The lowest BCUT2D eigenvalue weighted by atomic mass is 10.00. The highest BCUT2D eigenvalue weighted by atomic mass is 32.2. The molecule has 4 unspecified atom stereocenters. The Kier molecular flexibility index (Phi) is 15.6. The molecule has 0 aliphatic heterocycles. The van der Waals surface area contributed by atoms with E-state index in [4.69, 9.17) is 17.2 Å². The van der Waals surface area contributed by atoms with E-state index in [0.717, 1.165) is 5.56 Å². The first kappa shape index (κ1) is 33.7. The van der Waals surface area contributed by atoms with Crippen LogP contribution in [0, 0.1) is 5.92 Å². The normalized spacial score (nSPS) is 14.0. The molecule has 0 radical (unpaired) electrons. The van der Waals surface area contributed by atoms with Crippen molar-refractivity contribution in [2.45, 2.75) is 70.1 Å². The molecule has 1 rings (SSSR count). The lowest BCUT2D eigenvalue weighted by Gasteiger charge is -2.26. The SMILES string of the molecule is CSCCC(N)C(=O)NC(CC(C)C)C(=O)NC(Cc1ccccc1)C(=O)NC(CCCN=C(N)N)C(=O)O. The van der Waals surface area contributed by atoms with Crippen molar-refractivity contribution < 1.29 is 24.3 Å². The summed E-state index contributed by atoms with van der Waals surface area (Å²) in [5.41, 5.74) is 17.3. The summed E-state index contributed by atoms with van der Waals surface area (Å²) < 4.78 is 0. The Morgan fingerprint density at radius 2 is 1.51 bits per heavy atom. The summed E-state index contributed by atoms with van der Waals surface area (Å²) in [4.78, 5) is 54.9. The fourth-order valence-corrected chi connectivity index (χ4v) is 4.21. The summed E-state index contributed by atoms with van der Waals surface area (Å²) in [5, 5.41) is 17.6. The lowest BCUT2D eigenvalue weighted by molar-refractivity contribution is -0.142. The van der Waals surface area contributed by atoms with Gasteiger partial charge in [0.05, 0.1) is 6.04 Å². The molecule has 0 saturated heterocycles. The van der Waals surface area contributed by atoms with Gasteiger partial charge in [0, 0.05) is 13.0 Å². The standard InChI is InChI=1S/C26H43N7O5S/c1-16(2)14-20(32-22(34)18(27)11-13-39-3)23(35)33-21(15-17-8-5-4-6-9-17)24(36)31-19(25(37)38)10-7-12-30-26(28)29/h4-6,8-9,16,18-21H,7,10-15,27H2,1-3H3,(H,31,36)(H,32,34)(H,33,35)(H,37,38)(H4,28,29,30). The Morgan fingerprint density at radius 1 is 0.923 bits per heavy atom. The number of benzene rings is 1. The first-order chi connectivity index (χ1) is 18.4. The molecule has 4 atom stereocenters. The maximum Gasteiger partial charge on any atom is 0.326 e. The third-order valence-corrected chi connectivity index (χ3v) is 6.43. The van der Waals surface area contributed by atoms with Gasteiger partial charge < -0.3 is 38.3 Å². The summed E-state index contributed by atoms with van der Waals surface area (Å²) in [6.45, 7) is 4.03. The first-order valence-electron chi connectivity index (χ1n) is 12.9. The molecule has 218 valence electrons. The van der Waals surface area contributed by atoms with Crippen LogP contribution in [0.3, 0.4) is 0 Å². The van der Waals surface area contributed by atoms with Gasteiger partial charge in [0.25, 0.3) is 0 Å². The van der Waals surface area contributed by atoms with Gasteiger partial charge in [-0.15, -0.1) is 0 Å². The van der Waals surface area contributed by atoms with E-state index in [0.29, 0.717) is 25.0 Å². The number of thioether (sulfide) groups is 1. The van der Waals surface area contributed by atoms with Gasteiger partial charge in [-0.2, -0.15) is 11.8 Å². The van der Waals surface area contributed by atoms with Gasteiger partial charge in [0.15, 0.2) is 5.96 Å². The number of carbonyl (C=O) groups is 4. The largest absolute Gasteiger partial charge is 0.480 e. The van der Waals surface area contributed by atoms with E-state index < -0.39 is 47.9 Å². The molecule has 0 bridgehead atoms. The molecular formula is C26H43N7O5S. The van der Waals surface area contributed by atoms with Crippen molar-refractivity contribution >= 4 is 41.4 Å². The number of aliphatic carboxylic acids is 1. The van der Waals surface area contributed by atoms with Crippen molar-refractivity contribution in [2.24, 2.45) is 28.1 Å². The number of rotatable bonds is 18. The molecule has 1 aromatic rings. The summed E-state index contributed by atoms with van der Waals surface area (Å²) in [6.07, 6.45) is 3.23. The predicted molar refractivity (Wildman–Crippen MR) is 154 cm³/mol. The smallest absolute Gasteiger partial charge is 0.326 e. The van der Waals surface area contributed by atoms with Gasteiger partial charge >= 0.3 is 5.97 Å². The van der Waals surface area contributed by atoms with Crippen LogP contribution in [0.15, 0.2) is 35.3 Å². The van der Waals surface area contributed by atoms with Crippen molar-refractivity contribution in [3.63, 3.8) is 0 Å². The van der Waals surface area contributed by atoms with Gasteiger partial charge in [0.1, 0.15) is 18.1 Å². The quantitative estimate of drug-likeness (QED) is 0.0720. The van der Waals surface area contributed by atoms with Gasteiger partial charge in [-0.3, -0.25) is 19.4 Å². The summed E-state index contributed by atoms with van der Waals surface area (Å²) in [7, 11) is 0. The molecule has 0 fully saturated rings. The van der Waals surface area contributed by atoms with E-state index in [-0.39, 0.29) is 31.3 Å². The minimum atomic E-state index is -1.22. The Bertz CT molecular complexity index is 957. The number of hydrogen-bond acceptors (Lipinski definition) is 7. The molecule has 0 aliphatic rings. The minimum absolute atomic E-state index is 0.0616. The number of aliphatic imine (C=N–C) groups is 1. The van der Waals surface area contributed by atoms with Crippen LogP contribution in [-0.4, -0.2) is 77.5 Å². The Labute approximate surface area is 234 Å². The second kappa shape index (κ2) is 18.1. The van der Waals surface area contributed by atoms with E-state index in [1.807, 2.05) is 26.2 Å². The average Bonchev–Trinajstić information content (AvgIpc) is 2.87. The van der Waals surface area contributed by atoms with Crippen LogP contribution in [0.4, 0.5) is 0 Å². The van der Waals surface area contributed by atoms with Gasteiger partial charge in [-0.05, 0) is 49.2 Å². The summed E-state index contributed by atoms with van der Waals surface area (Å²) in [5.74, 6) is -2.22. The number of nitrogens with zero attached hydrogens (tertiary/aromatic N) is 1. The summed E-state index contributed by atoms with van der Waals surface area (Å²) in [6, 6.07) is 5.04. The van der Waals surface area contributed by atoms with Crippen molar-refractivity contribution in [1.82, 2.24) is 16.0 Å². The molecule has 10 N–H and O–H groups in total. The molecule has 0 aliphatic carbocycles. The predicted octanol–water partition coefficient (Wildman–Crippen LogP) is -0.0518. The fraction of sp³-hybridized carbons (Fsp3) is 0.577. The zero-order valence-corrected chi connectivity index (χ0v) is 23.7. The van der Waals surface area contributed by atoms with Crippen molar-refractivity contribution in [3.05, 3.63) is 35.9 Å². The molecule has 0 heterocycles. The van der Waals surface area contributed by atoms with E-state index in [2.05, 4.69) is 20.9 Å². The van der Waals surface area contributed by atoms with Crippen LogP contribution in [0.2, 0.25) is 0 Å². The van der Waals surface area contributed by atoms with Crippen LogP contribution in [0.25, 0.3) is 0 Å². The number of carboxylic acids is 1. The number of carbonyl (C=O) groups excluding carboxylic acids is 3. The monoisotopic (exact) mass is 565 g/mol. The van der Waals surface area contributed by atoms with Crippen molar-refractivity contribution in [1.29, 1.82) is 0 Å². The number of guanidine groups is 1. The lowest BCUT2D eigenvalue weighted by Crippen LogP contribution is -2.57. The second-order valence-electron chi connectivity index (χ2n) is 9.68. The zero-order chi connectivity index (χ0) is 29.4. The Hall–Kier alpha value is -3.32. The number of nitrogens with two attached hydrogens (primary N) is 3. The number of carboxylic acid groups (broad SMARTS) is 1. The van der Waals surface area contributed by atoms with E-state index >= 15 is 0 Å². The van der Waals surface area contributed by atoms with E-state index in [1.165, 1.54) is 0 Å². The highest BCUT2D eigenvalue weighted by Gasteiger charge is 2.30. The highest BCUT2D eigenvalue weighted by molar-refractivity contribution is 7.98. The maximum atomic E-state index is 13.3. The van der Waals surface area contributed by atoms with Gasteiger partial charge in [-0.1, -0.05) is 44.2 Å². The molecule has 39 heavy (non-hydrogen) atoms. The highest BCUT2D eigenvalue weighted by Crippen LogP contribution is 2.10. The molecule has 0 saturated carbocycles. The third-order valence-electron chi connectivity index (χ3n) is 5.79. The van der Waals surface area contributed by atoms with E-state index in [9.17, 15) is 24.3 Å². The number of hydrogen-bond donors (Lipinski definition) is 7. The number of amides is 3. The molecule has 3 amide bonds. The van der Waals surface area contributed by atoms with Gasteiger partial charge in [0.2, 0.25) is 17.7 Å². The van der Waals surface area contributed by atoms with Crippen LogP contribution < -0.4 is 33.2 Å². The van der Waals surface area contributed by atoms with Crippen LogP contribution >= 0.6 is 11.8 Å². The van der Waals surface area contributed by atoms with Crippen LogP contribution in [0.5, 0.6) is 0 Å². The van der Waals surface area contributed by atoms with Crippen LogP contribution in [0.1, 0.15) is 45.1 Å². The molecule has 0 spiro atoms.